The maximum atomic E-state index is 15.0. The van der Waals surface area contributed by atoms with Crippen LogP contribution >= 0.6 is 0 Å². The first-order valence-electron chi connectivity index (χ1n) is 10.8. The summed E-state index contributed by atoms with van der Waals surface area (Å²) in [6.45, 7) is 11.7. The summed E-state index contributed by atoms with van der Waals surface area (Å²) in [4.78, 5) is 17.2. The molecule has 0 aliphatic heterocycles. The SMILES string of the molecule is C=C(C(=O)c1cccc(NS(=O)CCC)c1F)c1cc(-c2ccc(C)cc2)cnc1N.CC. The number of allylic oxidation sites excluding steroid dienone is 1. The molecule has 3 rings (SSSR count). The Kier molecular flexibility index (Phi) is 9.48. The van der Waals surface area contributed by atoms with Crippen LogP contribution in [-0.4, -0.2) is 20.7 Å². The number of benzene rings is 2. The van der Waals surface area contributed by atoms with Gasteiger partial charge in [0.25, 0.3) is 0 Å². The van der Waals surface area contributed by atoms with Crippen molar-refractivity contribution in [1.29, 1.82) is 0 Å². The molecule has 1 unspecified atom stereocenters. The number of halogens is 1. The summed E-state index contributed by atoms with van der Waals surface area (Å²) in [6.07, 6.45) is 2.30. The summed E-state index contributed by atoms with van der Waals surface area (Å²) < 4.78 is 29.5. The number of hydrogen-bond donors (Lipinski definition) is 2. The van der Waals surface area contributed by atoms with Gasteiger partial charge in [-0.3, -0.25) is 4.79 Å². The molecule has 0 aliphatic carbocycles. The second-order valence-corrected chi connectivity index (χ2v) is 8.45. The summed E-state index contributed by atoms with van der Waals surface area (Å²) in [5.41, 5.74) is 9.01. The number of aromatic nitrogens is 1. The van der Waals surface area contributed by atoms with Crippen LogP contribution in [0.3, 0.4) is 0 Å². The lowest BCUT2D eigenvalue weighted by atomic mass is 9.95. The van der Waals surface area contributed by atoms with E-state index in [0.29, 0.717) is 17.7 Å². The molecule has 3 N–H and O–H groups in total. The Bertz CT molecular complexity index is 1160. The van der Waals surface area contributed by atoms with Gasteiger partial charge in [0.2, 0.25) is 0 Å². The van der Waals surface area contributed by atoms with Gasteiger partial charge in [0, 0.05) is 28.6 Å². The molecule has 0 bridgehead atoms. The van der Waals surface area contributed by atoms with Gasteiger partial charge in [0.15, 0.2) is 11.6 Å². The van der Waals surface area contributed by atoms with E-state index in [0.717, 1.165) is 16.7 Å². The third-order valence-electron chi connectivity index (χ3n) is 4.76. The lowest BCUT2D eigenvalue weighted by Crippen LogP contribution is -2.12. The Hall–Kier alpha value is -3.32. The molecule has 174 valence electrons. The minimum absolute atomic E-state index is 0.00457. The molecule has 0 aliphatic rings. The highest BCUT2D eigenvalue weighted by Crippen LogP contribution is 2.30. The highest BCUT2D eigenvalue weighted by molar-refractivity contribution is 7.86. The fourth-order valence-corrected chi connectivity index (χ4v) is 3.93. The van der Waals surface area contributed by atoms with E-state index in [-0.39, 0.29) is 22.6 Å². The Morgan fingerprint density at radius 1 is 1.12 bits per heavy atom. The van der Waals surface area contributed by atoms with Gasteiger partial charge in [-0.2, -0.15) is 0 Å². The molecule has 2 aromatic carbocycles. The first-order chi connectivity index (χ1) is 15.8. The van der Waals surface area contributed by atoms with Crippen LogP contribution in [0.25, 0.3) is 16.7 Å². The Morgan fingerprint density at radius 3 is 2.42 bits per heavy atom. The number of Topliss-reactive ketones (excluding diaryl/α,β-unsaturated/α-hetero) is 1. The van der Waals surface area contributed by atoms with Crippen LogP contribution in [0.5, 0.6) is 0 Å². The van der Waals surface area contributed by atoms with E-state index in [1.165, 1.54) is 18.2 Å². The predicted octanol–water partition coefficient (Wildman–Crippen LogP) is 6.19. The molecule has 0 spiro atoms. The maximum absolute atomic E-state index is 15.0. The molecule has 0 fully saturated rings. The smallest absolute Gasteiger partial charge is 0.196 e. The average molecular weight is 468 g/mol. The highest BCUT2D eigenvalue weighted by atomic mass is 32.2. The molecule has 0 saturated carbocycles. The quantitative estimate of drug-likeness (QED) is 0.306. The molecular formula is C26H30FN3O2S. The van der Waals surface area contributed by atoms with E-state index >= 15 is 0 Å². The van der Waals surface area contributed by atoms with Gasteiger partial charge in [-0.05, 0) is 37.1 Å². The van der Waals surface area contributed by atoms with Gasteiger partial charge in [-0.25, -0.2) is 13.6 Å². The van der Waals surface area contributed by atoms with Crippen LogP contribution in [-0.2, 0) is 11.0 Å². The predicted molar refractivity (Wildman–Crippen MR) is 137 cm³/mol. The van der Waals surface area contributed by atoms with E-state index in [1.807, 2.05) is 52.0 Å². The molecule has 0 radical (unpaired) electrons. The minimum atomic E-state index is -1.43. The summed E-state index contributed by atoms with van der Waals surface area (Å²) >= 11 is 0. The molecule has 0 amide bonds. The molecule has 1 aromatic heterocycles. The van der Waals surface area contributed by atoms with Crippen LogP contribution in [0.4, 0.5) is 15.9 Å². The number of carbonyl (C=O) groups is 1. The van der Waals surface area contributed by atoms with Crippen molar-refractivity contribution in [2.75, 3.05) is 16.2 Å². The fourth-order valence-electron chi connectivity index (χ4n) is 3.05. The summed E-state index contributed by atoms with van der Waals surface area (Å²) in [5.74, 6) is -0.887. The van der Waals surface area contributed by atoms with Crippen molar-refractivity contribution < 1.29 is 13.4 Å². The second-order valence-electron chi connectivity index (χ2n) is 7.15. The third kappa shape index (κ3) is 6.35. The van der Waals surface area contributed by atoms with Crippen molar-refractivity contribution in [3.63, 3.8) is 0 Å². The summed E-state index contributed by atoms with van der Waals surface area (Å²) in [5, 5.41) is 0. The molecule has 1 heterocycles. The van der Waals surface area contributed by atoms with Crippen LogP contribution < -0.4 is 10.5 Å². The van der Waals surface area contributed by atoms with Crippen molar-refractivity contribution >= 4 is 33.8 Å². The minimum Gasteiger partial charge on any atom is -0.383 e. The van der Waals surface area contributed by atoms with E-state index in [2.05, 4.69) is 16.3 Å². The number of rotatable bonds is 8. The van der Waals surface area contributed by atoms with Gasteiger partial charge < -0.3 is 10.5 Å². The standard InChI is InChI=1S/C24H24FN3O2S.C2H6/c1-4-12-31(30)28-21-7-5-6-19(22(21)25)23(29)16(3)20-13-18(14-27-24(20)26)17-10-8-15(2)9-11-17;1-2/h5-11,13-14,28H,3-4,12H2,1-2H3,(H2,26,27);1-2H3. The van der Waals surface area contributed by atoms with E-state index < -0.39 is 22.6 Å². The number of anilines is 2. The van der Waals surface area contributed by atoms with Crippen molar-refractivity contribution in [2.45, 2.75) is 34.1 Å². The normalized spacial score (nSPS) is 11.2. The monoisotopic (exact) mass is 467 g/mol. The molecule has 3 aromatic rings. The average Bonchev–Trinajstić information content (AvgIpc) is 2.82. The zero-order valence-corrected chi connectivity index (χ0v) is 20.3. The van der Waals surface area contributed by atoms with Crippen molar-refractivity contribution in [1.82, 2.24) is 4.98 Å². The van der Waals surface area contributed by atoms with E-state index in [1.54, 1.807) is 12.3 Å². The molecule has 33 heavy (non-hydrogen) atoms. The summed E-state index contributed by atoms with van der Waals surface area (Å²) in [6, 6.07) is 13.9. The number of nitrogens with zero attached hydrogens (tertiary/aromatic N) is 1. The Morgan fingerprint density at radius 2 is 1.79 bits per heavy atom. The lowest BCUT2D eigenvalue weighted by molar-refractivity contribution is 0.105. The zero-order chi connectivity index (χ0) is 24.5. The molecule has 0 saturated heterocycles. The van der Waals surface area contributed by atoms with E-state index in [4.69, 9.17) is 5.73 Å². The number of nitrogens with one attached hydrogen (secondary N) is 1. The number of carbonyl (C=O) groups excluding carboxylic acids is 1. The number of hydrogen-bond acceptors (Lipinski definition) is 4. The third-order valence-corrected chi connectivity index (χ3v) is 5.99. The van der Waals surface area contributed by atoms with Gasteiger partial charge in [0.1, 0.15) is 16.8 Å². The first-order valence-corrected chi connectivity index (χ1v) is 12.1. The molecule has 5 nitrogen and oxygen atoms in total. The van der Waals surface area contributed by atoms with Crippen LogP contribution in [0.2, 0.25) is 0 Å². The van der Waals surface area contributed by atoms with Crippen molar-refractivity contribution in [3.8, 4) is 11.1 Å². The number of ketones is 1. The first kappa shape index (κ1) is 25.9. The largest absolute Gasteiger partial charge is 0.383 e. The van der Waals surface area contributed by atoms with Gasteiger partial charge >= 0.3 is 0 Å². The van der Waals surface area contributed by atoms with Crippen LogP contribution in [0.15, 0.2) is 61.3 Å². The summed E-state index contributed by atoms with van der Waals surface area (Å²) in [7, 11) is -1.43. The zero-order valence-electron chi connectivity index (χ0n) is 19.4. The number of nitrogens with two attached hydrogens (primary N) is 1. The van der Waals surface area contributed by atoms with Crippen molar-refractivity contribution in [3.05, 3.63) is 83.8 Å². The van der Waals surface area contributed by atoms with E-state index in [9.17, 15) is 13.4 Å². The molecule has 7 heteroatoms. The topological polar surface area (TPSA) is 85.1 Å². The number of aryl methyl sites for hydroxylation is 1. The highest BCUT2D eigenvalue weighted by Gasteiger charge is 2.21. The van der Waals surface area contributed by atoms with Gasteiger partial charge in [-0.15, -0.1) is 0 Å². The molecular weight excluding hydrogens is 437 g/mol. The molecule has 1 atom stereocenters. The Balaban J connectivity index is 0.00000187. The Labute approximate surface area is 197 Å². The number of pyridine rings is 1. The van der Waals surface area contributed by atoms with Gasteiger partial charge in [-0.1, -0.05) is 63.2 Å². The van der Waals surface area contributed by atoms with Crippen LogP contribution in [0.1, 0.15) is 48.7 Å². The van der Waals surface area contributed by atoms with Crippen molar-refractivity contribution in [2.24, 2.45) is 0 Å². The lowest BCUT2D eigenvalue weighted by Gasteiger charge is -2.13. The second kappa shape index (κ2) is 12.1. The number of nitrogen functional groups attached to an aromatic ring is 1. The van der Waals surface area contributed by atoms with Gasteiger partial charge in [0.05, 0.1) is 11.3 Å². The maximum Gasteiger partial charge on any atom is 0.196 e. The fraction of sp³-hybridized carbons (Fsp3) is 0.231. The van der Waals surface area contributed by atoms with Crippen LogP contribution in [0, 0.1) is 12.7 Å².